The van der Waals surface area contributed by atoms with E-state index in [0.29, 0.717) is 11.7 Å². The molecule has 1 aromatic carbocycles. The molecule has 1 rings (SSSR count). The largest absolute Gasteiger partial charge is 0.507 e. The van der Waals surface area contributed by atoms with Gasteiger partial charge in [0.05, 0.1) is 0 Å². The van der Waals surface area contributed by atoms with Crippen molar-refractivity contribution in [3.05, 3.63) is 28.8 Å². The number of hydrogen-bond acceptors (Lipinski definition) is 1. The first-order chi connectivity index (χ1) is 5.54. The molecule has 0 fully saturated rings. The van der Waals surface area contributed by atoms with E-state index in [0.717, 1.165) is 11.1 Å². The summed E-state index contributed by atoms with van der Waals surface area (Å²) in [6, 6.07) is 4.06. The van der Waals surface area contributed by atoms with Gasteiger partial charge in [0, 0.05) is 0 Å². The summed E-state index contributed by atoms with van der Waals surface area (Å²) in [5, 5.41) is 9.64. The summed E-state index contributed by atoms with van der Waals surface area (Å²) in [6.07, 6.45) is 0. The molecular weight excluding hydrogens is 148 g/mol. The number of benzene rings is 1. The van der Waals surface area contributed by atoms with Crippen LogP contribution in [-0.4, -0.2) is 5.11 Å². The quantitative estimate of drug-likeness (QED) is 0.676. The molecule has 1 aromatic rings. The molecule has 0 aliphatic carbocycles. The van der Waals surface area contributed by atoms with Crippen molar-refractivity contribution in [3.8, 4) is 5.75 Å². The molecular formula is C11H16O. The van der Waals surface area contributed by atoms with Gasteiger partial charge in [-0.2, -0.15) is 0 Å². The Morgan fingerprint density at radius 1 is 1.17 bits per heavy atom. The van der Waals surface area contributed by atoms with Gasteiger partial charge in [-0.1, -0.05) is 26.0 Å². The molecule has 0 heterocycles. The van der Waals surface area contributed by atoms with E-state index < -0.39 is 0 Å². The van der Waals surface area contributed by atoms with Crippen molar-refractivity contribution in [2.45, 2.75) is 33.6 Å². The number of phenolic OH excluding ortho intramolecular Hbond substituents is 1. The Kier molecular flexibility index (Phi) is 2.41. The zero-order chi connectivity index (χ0) is 9.30. The van der Waals surface area contributed by atoms with Crippen LogP contribution in [0.25, 0.3) is 0 Å². The summed E-state index contributed by atoms with van der Waals surface area (Å²) in [5.74, 6) is 0.928. The molecule has 0 aromatic heterocycles. The smallest absolute Gasteiger partial charge is 0.121 e. The van der Waals surface area contributed by atoms with Gasteiger partial charge in [0.1, 0.15) is 5.75 Å². The van der Waals surface area contributed by atoms with Gasteiger partial charge in [0.2, 0.25) is 0 Å². The molecule has 66 valence electrons. The third-order valence-electron chi connectivity index (χ3n) is 2.30. The molecule has 0 spiro atoms. The normalized spacial score (nSPS) is 10.8. The van der Waals surface area contributed by atoms with Crippen molar-refractivity contribution in [3.63, 3.8) is 0 Å². The molecule has 0 radical (unpaired) electrons. The Labute approximate surface area is 74.1 Å². The van der Waals surface area contributed by atoms with Crippen molar-refractivity contribution in [1.29, 1.82) is 0 Å². The minimum atomic E-state index is 0.446. The van der Waals surface area contributed by atoms with Gasteiger partial charge in [-0.05, 0) is 36.5 Å². The van der Waals surface area contributed by atoms with Crippen molar-refractivity contribution in [1.82, 2.24) is 0 Å². The average molecular weight is 164 g/mol. The highest BCUT2D eigenvalue weighted by atomic mass is 16.3. The fourth-order valence-corrected chi connectivity index (χ4v) is 1.48. The first kappa shape index (κ1) is 9.11. The molecule has 0 saturated carbocycles. The number of rotatable bonds is 1. The third-order valence-corrected chi connectivity index (χ3v) is 2.30. The van der Waals surface area contributed by atoms with Crippen LogP contribution in [0.3, 0.4) is 0 Å². The molecule has 1 N–H and O–H groups in total. The van der Waals surface area contributed by atoms with Gasteiger partial charge in [0.25, 0.3) is 0 Å². The Morgan fingerprint density at radius 2 is 1.75 bits per heavy atom. The molecule has 0 aliphatic heterocycles. The van der Waals surface area contributed by atoms with E-state index in [1.165, 1.54) is 5.56 Å². The highest BCUT2D eigenvalue weighted by Gasteiger charge is 2.07. The van der Waals surface area contributed by atoms with Crippen LogP contribution in [0, 0.1) is 13.8 Å². The van der Waals surface area contributed by atoms with E-state index in [-0.39, 0.29) is 0 Å². The lowest BCUT2D eigenvalue weighted by Crippen LogP contribution is -1.93. The van der Waals surface area contributed by atoms with Crippen LogP contribution in [0.2, 0.25) is 0 Å². The Bertz CT molecular complexity index is 287. The maximum atomic E-state index is 9.64. The summed E-state index contributed by atoms with van der Waals surface area (Å²) in [5.41, 5.74) is 3.21. The third kappa shape index (κ3) is 1.45. The monoisotopic (exact) mass is 164 g/mol. The zero-order valence-electron chi connectivity index (χ0n) is 8.18. The van der Waals surface area contributed by atoms with Gasteiger partial charge >= 0.3 is 0 Å². The second-order valence-corrected chi connectivity index (χ2v) is 3.60. The van der Waals surface area contributed by atoms with Crippen LogP contribution in [-0.2, 0) is 0 Å². The minimum Gasteiger partial charge on any atom is -0.507 e. The predicted molar refractivity (Wildman–Crippen MR) is 51.7 cm³/mol. The van der Waals surface area contributed by atoms with E-state index in [9.17, 15) is 5.11 Å². The molecule has 1 nitrogen and oxygen atoms in total. The van der Waals surface area contributed by atoms with E-state index in [1.807, 2.05) is 19.9 Å². The van der Waals surface area contributed by atoms with Crippen molar-refractivity contribution in [2.24, 2.45) is 0 Å². The van der Waals surface area contributed by atoms with Crippen LogP contribution in [0.5, 0.6) is 5.75 Å². The Balaban J connectivity index is 3.27. The average Bonchev–Trinajstić information content (AvgIpc) is 2.00. The van der Waals surface area contributed by atoms with Crippen molar-refractivity contribution in [2.75, 3.05) is 0 Å². The minimum absolute atomic E-state index is 0.446. The van der Waals surface area contributed by atoms with Gasteiger partial charge in [-0.25, -0.2) is 0 Å². The summed E-state index contributed by atoms with van der Waals surface area (Å²) in [4.78, 5) is 0. The van der Waals surface area contributed by atoms with Gasteiger partial charge in [-0.3, -0.25) is 0 Å². The maximum absolute atomic E-state index is 9.64. The van der Waals surface area contributed by atoms with Crippen LogP contribution in [0.4, 0.5) is 0 Å². The number of aromatic hydroxyl groups is 1. The van der Waals surface area contributed by atoms with Crippen molar-refractivity contribution >= 4 is 0 Å². The SMILES string of the molecule is Cc1ccc(C(C)C)c(C)c1O. The van der Waals surface area contributed by atoms with Crippen LogP contribution < -0.4 is 0 Å². The standard InChI is InChI=1S/C11H16O/c1-7(2)10-6-5-8(3)11(12)9(10)4/h5-7,12H,1-4H3. The first-order valence-electron chi connectivity index (χ1n) is 4.33. The van der Waals surface area contributed by atoms with Crippen molar-refractivity contribution < 1.29 is 5.11 Å². The predicted octanol–water partition coefficient (Wildman–Crippen LogP) is 3.13. The fraction of sp³-hybridized carbons (Fsp3) is 0.455. The van der Waals surface area contributed by atoms with Crippen LogP contribution in [0.15, 0.2) is 12.1 Å². The lowest BCUT2D eigenvalue weighted by Gasteiger charge is -2.12. The summed E-state index contributed by atoms with van der Waals surface area (Å²) in [6.45, 7) is 8.16. The number of phenols is 1. The lowest BCUT2D eigenvalue weighted by atomic mass is 9.95. The van der Waals surface area contributed by atoms with Crippen LogP contribution >= 0.6 is 0 Å². The topological polar surface area (TPSA) is 20.2 Å². The van der Waals surface area contributed by atoms with Gasteiger partial charge < -0.3 is 5.11 Å². The van der Waals surface area contributed by atoms with Gasteiger partial charge in [0.15, 0.2) is 0 Å². The Morgan fingerprint density at radius 3 is 2.25 bits per heavy atom. The number of aryl methyl sites for hydroxylation is 1. The summed E-state index contributed by atoms with van der Waals surface area (Å²) < 4.78 is 0. The highest BCUT2D eigenvalue weighted by Crippen LogP contribution is 2.28. The van der Waals surface area contributed by atoms with E-state index in [4.69, 9.17) is 0 Å². The van der Waals surface area contributed by atoms with Gasteiger partial charge in [-0.15, -0.1) is 0 Å². The molecule has 0 saturated heterocycles. The second kappa shape index (κ2) is 3.18. The molecule has 0 aliphatic rings. The molecule has 0 atom stereocenters. The number of hydrogen-bond donors (Lipinski definition) is 1. The lowest BCUT2D eigenvalue weighted by molar-refractivity contribution is 0.465. The molecule has 1 heteroatoms. The first-order valence-corrected chi connectivity index (χ1v) is 4.33. The molecule has 0 bridgehead atoms. The zero-order valence-corrected chi connectivity index (χ0v) is 8.18. The summed E-state index contributed by atoms with van der Waals surface area (Å²) >= 11 is 0. The molecule has 0 amide bonds. The summed E-state index contributed by atoms with van der Waals surface area (Å²) in [7, 11) is 0. The molecule has 0 unspecified atom stereocenters. The Hall–Kier alpha value is -0.980. The molecule has 12 heavy (non-hydrogen) atoms. The highest BCUT2D eigenvalue weighted by molar-refractivity contribution is 5.45. The van der Waals surface area contributed by atoms with E-state index >= 15 is 0 Å². The van der Waals surface area contributed by atoms with E-state index in [1.54, 1.807) is 0 Å². The second-order valence-electron chi connectivity index (χ2n) is 3.60. The fourth-order valence-electron chi connectivity index (χ4n) is 1.48. The van der Waals surface area contributed by atoms with E-state index in [2.05, 4.69) is 19.9 Å². The van der Waals surface area contributed by atoms with Crippen LogP contribution in [0.1, 0.15) is 36.5 Å². The maximum Gasteiger partial charge on any atom is 0.121 e.